The Kier molecular flexibility index (Phi) is 7.57. The number of rotatable bonds is 4. The lowest BCUT2D eigenvalue weighted by molar-refractivity contribution is 0.477. The van der Waals surface area contributed by atoms with Crippen molar-refractivity contribution >= 4 is 36.4 Å². The summed E-state index contributed by atoms with van der Waals surface area (Å²) < 4.78 is 0. The maximum absolute atomic E-state index is 2.85. The molecule has 4 rings (SSSR count). The van der Waals surface area contributed by atoms with Gasteiger partial charge in [0.1, 0.15) is 7.85 Å². The van der Waals surface area contributed by atoms with Gasteiger partial charge in [0.15, 0.2) is 0 Å². The molecule has 2 heteroatoms. The van der Waals surface area contributed by atoms with Crippen LogP contribution in [0.5, 0.6) is 0 Å². The Hall–Kier alpha value is -1.98. The van der Waals surface area contributed by atoms with Crippen molar-refractivity contribution in [1.82, 2.24) is 0 Å². The van der Waals surface area contributed by atoms with Crippen molar-refractivity contribution in [1.29, 1.82) is 0 Å². The summed E-state index contributed by atoms with van der Waals surface area (Å²) in [6, 6.07) is 34.0. The van der Waals surface area contributed by atoms with Crippen LogP contribution in [0.15, 0.2) is 91.0 Å². The summed E-state index contributed by atoms with van der Waals surface area (Å²) in [5.74, 6) is 2.85. The second-order valence-corrected chi connectivity index (χ2v) is 12.7. The summed E-state index contributed by atoms with van der Waals surface area (Å²) in [6.07, 6.45) is 12.3. The van der Waals surface area contributed by atoms with Crippen LogP contribution in [-0.4, -0.2) is 13.6 Å². The molecule has 0 aromatic heterocycles. The van der Waals surface area contributed by atoms with E-state index in [1.54, 1.807) is 0 Å². The summed E-state index contributed by atoms with van der Waals surface area (Å²) in [5.41, 5.74) is 0. The third kappa shape index (κ3) is 5.27. The fourth-order valence-electron chi connectivity index (χ4n) is 5.32. The number of hydrogen-bond donors (Lipinski definition) is 0. The lowest BCUT2D eigenvalue weighted by Gasteiger charge is -2.36. The molecule has 0 radical (unpaired) electrons. The van der Waals surface area contributed by atoms with Crippen LogP contribution >= 0.6 is 6.89 Å². The van der Waals surface area contributed by atoms with Crippen molar-refractivity contribution in [3.8, 4) is 0 Å². The lowest BCUT2D eigenvalue weighted by atomic mass is 9.64. The molecule has 0 spiro atoms. The van der Waals surface area contributed by atoms with Crippen LogP contribution in [0.1, 0.15) is 57.8 Å². The Bertz CT molecular complexity index is 866. The van der Waals surface area contributed by atoms with E-state index < -0.39 is 6.89 Å². The molecule has 1 fully saturated rings. The van der Waals surface area contributed by atoms with Gasteiger partial charge in [0.2, 0.25) is 0 Å². The zero-order chi connectivity index (χ0) is 21.4. The predicted molar refractivity (Wildman–Crippen MR) is 144 cm³/mol. The molecule has 160 valence electrons. The van der Waals surface area contributed by atoms with Gasteiger partial charge in [-0.05, 0) is 28.1 Å². The molecule has 3 aromatic carbocycles. The summed E-state index contributed by atoms with van der Waals surface area (Å²) >= 11 is 0. The molecule has 1 aliphatic carbocycles. The van der Waals surface area contributed by atoms with Crippen molar-refractivity contribution in [2.45, 2.75) is 63.1 Å². The molecule has 0 bridgehead atoms. The van der Waals surface area contributed by atoms with Crippen molar-refractivity contribution in [2.75, 3.05) is 0 Å². The molecular formula is C29H36BP. The highest BCUT2D eigenvalue weighted by Crippen LogP contribution is 2.50. The Morgan fingerprint density at radius 2 is 0.839 bits per heavy atom. The second-order valence-electron chi connectivity index (χ2n) is 9.49. The van der Waals surface area contributed by atoms with Gasteiger partial charge in [-0.1, -0.05) is 155 Å². The third-order valence-electron chi connectivity index (χ3n) is 6.99. The molecule has 0 unspecified atom stereocenters. The fraction of sp³-hybridized carbons (Fsp3) is 0.345. The van der Waals surface area contributed by atoms with E-state index in [0.29, 0.717) is 0 Å². The summed E-state index contributed by atoms with van der Waals surface area (Å²) in [4.78, 5) is 0. The number of hydrogen-bond acceptors (Lipinski definition) is 0. The molecular weight excluding hydrogens is 390 g/mol. The zero-order valence-corrected chi connectivity index (χ0v) is 19.9. The Balaban J connectivity index is 1.96. The van der Waals surface area contributed by atoms with Gasteiger partial charge in [0, 0.05) is 0 Å². The van der Waals surface area contributed by atoms with E-state index in [2.05, 4.69) is 105 Å². The van der Waals surface area contributed by atoms with Crippen molar-refractivity contribution in [3.05, 3.63) is 91.0 Å². The first-order chi connectivity index (χ1) is 15.2. The first-order valence-electron chi connectivity index (χ1n) is 12.2. The SMILES string of the molecule is BC1(C=P(c2ccccc2)(c2ccccc2)c2ccccc2)CCCCCCCCC1. The van der Waals surface area contributed by atoms with E-state index >= 15 is 0 Å². The summed E-state index contributed by atoms with van der Waals surface area (Å²) in [6.45, 7) is -1.87. The molecule has 0 atom stereocenters. The minimum absolute atomic E-state index is 0.257. The molecule has 1 aliphatic rings. The topological polar surface area (TPSA) is 0 Å². The molecule has 0 heterocycles. The Morgan fingerprint density at radius 1 is 0.516 bits per heavy atom. The average molecular weight is 426 g/mol. The minimum Gasteiger partial charge on any atom is -0.0761 e. The van der Waals surface area contributed by atoms with Gasteiger partial charge in [-0.3, -0.25) is 0 Å². The fourth-order valence-corrected chi connectivity index (χ4v) is 9.79. The molecule has 31 heavy (non-hydrogen) atoms. The highest BCUT2D eigenvalue weighted by Gasteiger charge is 2.31. The maximum atomic E-state index is 2.85. The molecule has 1 saturated carbocycles. The Morgan fingerprint density at radius 3 is 1.19 bits per heavy atom. The zero-order valence-electron chi connectivity index (χ0n) is 19.0. The molecule has 0 amide bonds. The van der Waals surface area contributed by atoms with E-state index in [9.17, 15) is 0 Å². The first-order valence-corrected chi connectivity index (χ1v) is 14.0. The van der Waals surface area contributed by atoms with Crippen LogP contribution in [-0.2, 0) is 0 Å². The molecule has 0 N–H and O–H groups in total. The predicted octanol–water partition coefficient (Wildman–Crippen LogP) is 6.10. The highest BCUT2D eigenvalue weighted by atomic mass is 31.2. The van der Waals surface area contributed by atoms with E-state index in [0.717, 1.165) is 0 Å². The van der Waals surface area contributed by atoms with Gasteiger partial charge in [0.05, 0.1) is 0 Å². The lowest BCUT2D eigenvalue weighted by Crippen LogP contribution is -2.30. The van der Waals surface area contributed by atoms with Crippen LogP contribution in [0, 0.1) is 0 Å². The van der Waals surface area contributed by atoms with Gasteiger partial charge >= 0.3 is 0 Å². The Labute approximate surface area is 190 Å². The van der Waals surface area contributed by atoms with Gasteiger partial charge in [-0.15, -0.1) is 0 Å². The quantitative estimate of drug-likeness (QED) is 0.349. The van der Waals surface area contributed by atoms with Gasteiger partial charge in [0.25, 0.3) is 0 Å². The number of benzene rings is 3. The van der Waals surface area contributed by atoms with Crippen molar-refractivity contribution in [3.63, 3.8) is 0 Å². The van der Waals surface area contributed by atoms with Crippen LogP contribution in [0.25, 0.3) is 0 Å². The van der Waals surface area contributed by atoms with E-state index in [4.69, 9.17) is 0 Å². The van der Waals surface area contributed by atoms with Gasteiger partial charge in [-0.2, -0.15) is 0 Å². The van der Waals surface area contributed by atoms with E-state index in [-0.39, 0.29) is 5.31 Å². The summed E-state index contributed by atoms with van der Waals surface area (Å²) in [7, 11) is 2.55. The average Bonchev–Trinajstić information content (AvgIpc) is 2.83. The molecule has 0 saturated heterocycles. The third-order valence-corrected chi connectivity index (χ3v) is 11.3. The molecule has 0 aliphatic heterocycles. The van der Waals surface area contributed by atoms with Crippen molar-refractivity contribution in [2.24, 2.45) is 0 Å². The standard InChI is InChI=1S/C29H36BP/c30-29(23-15-4-2-1-3-5-16-24-29)25-31(26-17-9-6-10-18-26,27-19-11-7-12-20-27)28-21-13-8-14-22-28/h6-14,17-22,25H,1-5,15-16,23-24,30H2. The smallest absolute Gasteiger partial charge is 0.0761 e. The normalized spacial score (nSPS) is 17.5. The van der Waals surface area contributed by atoms with Crippen LogP contribution in [0.4, 0.5) is 0 Å². The highest BCUT2D eigenvalue weighted by molar-refractivity contribution is 7.94. The van der Waals surface area contributed by atoms with E-state index in [1.165, 1.54) is 73.7 Å². The van der Waals surface area contributed by atoms with Crippen molar-refractivity contribution < 1.29 is 0 Å². The first kappa shape index (κ1) is 22.2. The molecule has 3 aromatic rings. The maximum Gasteiger partial charge on any atom is 0.114 e. The largest absolute Gasteiger partial charge is 0.114 e. The van der Waals surface area contributed by atoms with Gasteiger partial charge < -0.3 is 0 Å². The van der Waals surface area contributed by atoms with E-state index in [1.807, 2.05) is 0 Å². The summed E-state index contributed by atoms with van der Waals surface area (Å²) in [5, 5.41) is 4.69. The van der Waals surface area contributed by atoms with Gasteiger partial charge in [-0.25, -0.2) is 0 Å². The minimum atomic E-state index is -1.87. The molecule has 0 nitrogen and oxygen atoms in total. The van der Waals surface area contributed by atoms with Crippen LogP contribution in [0.2, 0.25) is 5.31 Å². The van der Waals surface area contributed by atoms with Crippen LogP contribution in [0.3, 0.4) is 0 Å². The van der Waals surface area contributed by atoms with Crippen LogP contribution < -0.4 is 15.9 Å². The monoisotopic (exact) mass is 426 g/mol. The second kappa shape index (κ2) is 10.6.